The number of benzene rings is 2. The van der Waals surface area contributed by atoms with E-state index in [0.717, 1.165) is 17.3 Å². The lowest BCUT2D eigenvalue weighted by Crippen LogP contribution is -2.40. The first kappa shape index (κ1) is 22.1. The summed E-state index contributed by atoms with van der Waals surface area (Å²) in [7, 11) is 0. The van der Waals surface area contributed by atoms with Crippen LogP contribution < -0.4 is 5.32 Å². The van der Waals surface area contributed by atoms with Crippen LogP contribution in [0, 0.1) is 0 Å². The highest BCUT2D eigenvalue weighted by Crippen LogP contribution is 2.37. The Morgan fingerprint density at radius 2 is 1.83 bits per heavy atom. The summed E-state index contributed by atoms with van der Waals surface area (Å²) in [6.45, 7) is 1.53. The maximum absolute atomic E-state index is 12.5. The molecule has 2 aromatic carbocycles. The van der Waals surface area contributed by atoms with E-state index < -0.39 is 12.1 Å². The van der Waals surface area contributed by atoms with E-state index in [1.807, 2.05) is 30.3 Å². The zero-order valence-electron chi connectivity index (χ0n) is 15.8. The van der Waals surface area contributed by atoms with Crippen LogP contribution in [0.15, 0.2) is 58.6 Å². The van der Waals surface area contributed by atoms with Gasteiger partial charge < -0.3 is 10.1 Å². The first-order chi connectivity index (χ1) is 14.4. The van der Waals surface area contributed by atoms with Crippen LogP contribution in [0.1, 0.15) is 12.5 Å². The van der Waals surface area contributed by atoms with Crippen LogP contribution in [0.25, 0.3) is 0 Å². The highest BCUT2D eigenvalue weighted by atomic mass is 35.5. The fourth-order valence-corrected chi connectivity index (χ4v) is 3.77. The third-order valence-electron chi connectivity index (χ3n) is 3.95. The van der Waals surface area contributed by atoms with Crippen LogP contribution >= 0.6 is 35.0 Å². The second-order valence-corrected chi connectivity index (χ2v) is 7.96. The first-order valence-electron chi connectivity index (χ1n) is 8.82. The Hall–Kier alpha value is -2.62. The number of Topliss-reactive ketones (excluding diaryl/α,β-unsaturated/α-hetero) is 1. The number of aromatic nitrogens is 4. The van der Waals surface area contributed by atoms with E-state index in [2.05, 4.69) is 20.8 Å². The van der Waals surface area contributed by atoms with Gasteiger partial charge in [0.15, 0.2) is 5.78 Å². The van der Waals surface area contributed by atoms with Crippen molar-refractivity contribution in [2.45, 2.75) is 36.2 Å². The minimum atomic E-state index is -0.792. The quantitative estimate of drug-likeness (QED) is 0.536. The topological polar surface area (TPSA) is 99.0 Å². The minimum Gasteiger partial charge on any atom is -0.445 e. The van der Waals surface area contributed by atoms with Gasteiger partial charge in [0.1, 0.15) is 13.2 Å². The number of ketones is 1. The van der Waals surface area contributed by atoms with Crippen LogP contribution in [-0.2, 0) is 22.7 Å². The van der Waals surface area contributed by atoms with Gasteiger partial charge in [0, 0.05) is 0 Å². The molecule has 11 heteroatoms. The van der Waals surface area contributed by atoms with Gasteiger partial charge in [0.2, 0.25) is 5.16 Å². The van der Waals surface area contributed by atoms with Gasteiger partial charge in [-0.05, 0) is 46.8 Å². The Labute approximate surface area is 186 Å². The van der Waals surface area contributed by atoms with Crippen molar-refractivity contribution in [3.8, 4) is 0 Å². The number of halogens is 2. The van der Waals surface area contributed by atoms with Gasteiger partial charge in [0.25, 0.3) is 0 Å². The molecule has 0 aliphatic carbocycles. The van der Waals surface area contributed by atoms with Gasteiger partial charge in [-0.1, -0.05) is 59.6 Å². The molecule has 156 valence electrons. The molecule has 0 aliphatic rings. The van der Waals surface area contributed by atoms with Gasteiger partial charge in [-0.25, -0.2) is 9.48 Å². The van der Waals surface area contributed by atoms with Gasteiger partial charge >= 0.3 is 6.09 Å². The second kappa shape index (κ2) is 10.4. The Morgan fingerprint density at radius 1 is 1.13 bits per heavy atom. The van der Waals surface area contributed by atoms with Crippen molar-refractivity contribution in [3.05, 3.63) is 64.1 Å². The van der Waals surface area contributed by atoms with E-state index in [4.69, 9.17) is 27.9 Å². The fraction of sp³-hybridized carbons (Fsp3) is 0.211. The number of ether oxygens (including phenoxy) is 1. The average molecular weight is 466 g/mol. The summed E-state index contributed by atoms with van der Waals surface area (Å²) < 4.78 is 6.45. The predicted octanol–water partition coefficient (Wildman–Crippen LogP) is 4.02. The molecular formula is C19H17Cl2N5O3S. The summed E-state index contributed by atoms with van der Waals surface area (Å²) in [5, 5.41) is 15.1. The molecule has 0 saturated heterocycles. The summed E-state index contributed by atoms with van der Waals surface area (Å²) in [5.41, 5.74) is 0.847. The largest absolute Gasteiger partial charge is 0.445 e. The van der Waals surface area contributed by atoms with Gasteiger partial charge in [0.05, 0.1) is 21.0 Å². The molecule has 1 aromatic heterocycles. The lowest BCUT2D eigenvalue weighted by atomic mass is 10.2. The molecule has 0 bridgehead atoms. The van der Waals surface area contributed by atoms with Crippen molar-refractivity contribution in [3.63, 3.8) is 0 Å². The van der Waals surface area contributed by atoms with E-state index >= 15 is 0 Å². The molecule has 1 atom stereocenters. The molecule has 0 radical (unpaired) electrons. The van der Waals surface area contributed by atoms with Crippen molar-refractivity contribution in [2.24, 2.45) is 0 Å². The van der Waals surface area contributed by atoms with Crippen LogP contribution in [0.4, 0.5) is 4.79 Å². The molecule has 0 aliphatic heterocycles. The zero-order chi connectivity index (χ0) is 21.5. The number of carbonyl (C=O) groups is 2. The lowest BCUT2D eigenvalue weighted by Gasteiger charge is -2.13. The predicted molar refractivity (Wildman–Crippen MR) is 113 cm³/mol. The summed E-state index contributed by atoms with van der Waals surface area (Å²) >= 11 is 13.5. The molecule has 1 unspecified atom stereocenters. The maximum atomic E-state index is 12.5. The normalized spacial score (nSPS) is 11.7. The number of amides is 1. The number of hydrogen-bond acceptors (Lipinski definition) is 7. The molecule has 0 spiro atoms. The molecule has 3 rings (SSSR count). The standard InChI is InChI=1S/C19H17Cl2N5O3S/c1-12(22-19(28)29-11-13-6-3-2-4-7-13)16(27)10-26-18(23-24-25-26)30-17-14(20)8-5-9-15(17)21/h2-9,12H,10-11H2,1H3,(H,22,28). The molecule has 1 N–H and O–H groups in total. The Kier molecular flexibility index (Phi) is 7.67. The lowest BCUT2D eigenvalue weighted by molar-refractivity contribution is -0.121. The highest BCUT2D eigenvalue weighted by Gasteiger charge is 2.20. The summed E-state index contributed by atoms with van der Waals surface area (Å²) in [6, 6.07) is 13.6. The van der Waals surface area contributed by atoms with Crippen molar-refractivity contribution < 1.29 is 14.3 Å². The Balaban J connectivity index is 1.56. The average Bonchev–Trinajstić information content (AvgIpc) is 3.16. The van der Waals surface area contributed by atoms with Crippen LogP contribution in [0.5, 0.6) is 0 Å². The summed E-state index contributed by atoms with van der Waals surface area (Å²) in [4.78, 5) is 25.0. The summed E-state index contributed by atoms with van der Waals surface area (Å²) in [5.74, 6) is -0.300. The number of tetrazole rings is 1. The monoisotopic (exact) mass is 465 g/mol. The van der Waals surface area contributed by atoms with Crippen LogP contribution in [0.3, 0.4) is 0 Å². The number of hydrogen-bond donors (Lipinski definition) is 1. The summed E-state index contributed by atoms with van der Waals surface area (Å²) in [6.07, 6.45) is -0.686. The van der Waals surface area contributed by atoms with Crippen LogP contribution in [-0.4, -0.2) is 38.1 Å². The fourth-order valence-electron chi connectivity index (χ4n) is 2.35. The Morgan fingerprint density at radius 3 is 2.53 bits per heavy atom. The molecular weight excluding hydrogens is 449 g/mol. The molecule has 8 nitrogen and oxygen atoms in total. The van der Waals surface area contributed by atoms with Crippen molar-refractivity contribution in [1.29, 1.82) is 0 Å². The zero-order valence-corrected chi connectivity index (χ0v) is 18.1. The molecule has 30 heavy (non-hydrogen) atoms. The van der Waals surface area contributed by atoms with Gasteiger partial charge in [-0.2, -0.15) is 0 Å². The third kappa shape index (κ3) is 5.94. The van der Waals surface area contributed by atoms with E-state index in [1.54, 1.807) is 25.1 Å². The number of alkyl carbamates (subject to hydrolysis) is 1. The number of nitrogens with one attached hydrogen (secondary N) is 1. The first-order valence-corrected chi connectivity index (χ1v) is 10.4. The number of carbonyl (C=O) groups excluding carboxylic acids is 2. The second-order valence-electron chi connectivity index (χ2n) is 6.17. The van der Waals surface area contributed by atoms with E-state index in [-0.39, 0.29) is 18.9 Å². The third-order valence-corrected chi connectivity index (χ3v) is 5.92. The van der Waals surface area contributed by atoms with Crippen molar-refractivity contribution in [2.75, 3.05) is 0 Å². The maximum Gasteiger partial charge on any atom is 0.408 e. The highest BCUT2D eigenvalue weighted by molar-refractivity contribution is 7.99. The molecule has 0 saturated carbocycles. The van der Waals surface area contributed by atoms with Crippen molar-refractivity contribution in [1.82, 2.24) is 25.5 Å². The van der Waals surface area contributed by atoms with Crippen molar-refractivity contribution >= 4 is 46.8 Å². The van der Waals surface area contributed by atoms with Crippen LogP contribution in [0.2, 0.25) is 10.0 Å². The number of rotatable bonds is 8. The molecule has 3 aromatic rings. The Bertz CT molecular complexity index is 1010. The van der Waals surface area contributed by atoms with Gasteiger partial charge in [-0.3, -0.25) is 4.79 Å². The number of nitrogens with zero attached hydrogens (tertiary/aromatic N) is 4. The molecule has 1 heterocycles. The van der Waals surface area contributed by atoms with E-state index in [0.29, 0.717) is 20.1 Å². The molecule has 1 amide bonds. The minimum absolute atomic E-state index is 0.111. The van der Waals surface area contributed by atoms with Gasteiger partial charge in [-0.15, -0.1) is 5.10 Å². The molecule has 0 fully saturated rings. The smallest absolute Gasteiger partial charge is 0.408 e. The SMILES string of the molecule is CC(NC(=O)OCc1ccccc1)C(=O)Cn1nnnc1Sc1c(Cl)cccc1Cl. The van der Waals surface area contributed by atoms with E-state index in [9.17, 15) is 9.59 Å². The van der Waals surface area contributed by atoms with E-state index in [1.165, 1.54) is 4.68 Å².